The van der Waals surface area contributed by atoms with Crippen molar-refractivity contribution in [3.63, 3.8) is 0 Å². The molecule has 0 radical (unpaired) electrons. The number of rotatable bonds is 7. The summed E-state index contributed by atoms with van der Waals surface area (Å²) in [7, 11) is -0.448. The van der Waals surface area contributed by atoms with E-state index in [2.05, 4.69) is 33.9 Å². The lowest BCUT2D eigenvalue weighted by molar-refractivity contribution is -0.167. The van der Waals surface area contributed by atoms with Crippen molar-refractivity contribution in [2.24, 2.45) is 0 Å². The zero-order valence-electron chi connectivity index (χ0n) is 16.1. The lowest BCUT2D eigenvalue weighted by atomic mass is 10.1. The summed E-state index contributed by atoms with van der Waals surface area (Å²) in [6, 6.07) is 9.69. The van der Waals surface area contributed by atoms with Gasteiger partial charge in [-0.3, -0.25) is 0 Å². The van der Waals surface area contributed by atoms with Crippen LogP contribution in [0.3, 0.4) is 0 Å². The molecule has 142 valence electrons. The van der Waals surface area contributed by atoms with Crippen LogP contribution in [-0.2, 0) is 25.2 Å². The predicted molar refractivity (Wildman–Crippen MR) is 98.7 cm³/mol. The van der Waals surface area contributed by atoms with Gasteiger partial charge in [-0.05, 0) is 23.7 Å². The van der Waals surface area contributed by atoms with Crippen LogP contribution in [0.2, 0.25) is 18.1 Å². The molecule has 0 aliphatic carbocycles. The molecule has 1 aromatic carbocycles. The maximum Gasteiger partial charge on any atom is 0.192 e. The molecular formula is C19H31FO4Si. The molecule has 0 saturated carbocycles. The van der Waals surface area contributed by atoms with E-state index in [4.69, 9.17) is 18.6 Å². The predicted octanol–water partition coefficient (Wildman–Crippen LogP) is 4.30. The Balaban J connectivity index is 1.94. The molecule has 1 aliphatic rings. The average molecular weight is 371 g/mol. The summed E-state index contributed by atoms with van der Waals surface area (Å²) in [6.45, 7) is 11.3. The SMILES string of the molecule is CO[C@@H]1O[C@H](CO[Si](C)(C)C(C)(C)C)[C@@H](F)[C@H]1OCc1ccccc1. The van der Waals surface area contributed by atoms with Crippen molar-refractivity contribution >= 4 is 8.32 Å². The number of benzene rings is 1. The van der Waals surface area contributed by atoms with Crippen LogP contribution in [0, 0.1) is 0 Å². The Morgan fingerprint density at radius 3 is 2.36 bits per heavy atom. The fraction of sp³-hybridized carbons (Fsp3) is 0.684. The van der Waals surface area contributed by atoms with E-state index < -0.39 is 33.0 Å². The first-order valence-electron chi connectivity index (χ1n) is 8.77. The van der Waals surface area contributed by atoms with Gasteiger partial charge in [0.1, 0.15) is 12.2 Å². The van der Waals surface area contributed by atoms with Crippen molar-refractivity contribution in [2.45, 2.75) is 70.2 Å². The molecule has 1 aliphatic heterocycles. The van der Waals surface area contributed by atoms with Gasteiger partial charge in [0.05, 0.1) is 13.2 Å². The van der Waals surface area contributed by atoms with Crippen molar-refractivity contribution in [1.29, 1.82) is 0 Å². The number of alkyl halides is 1. The standard InChI is InChI=1S/C19H31FO4Si/c1-19(2,3)25(5,6)23-13-15-16(20)17(18(21-4)24-15)22-12-14-10-8-7-9-11-14/h7-11,15-18H,12-13H2,1-6H3/t15-,16-,17-,18-/m1/s1. The van der Waals surface area contributed by atoms with Gasteiger partial charge >= 0.3 is 0 Å². The van der Waals surface area contributed by atoms with E-state index in [0.29, 0.717) is 6.61 Å². The second-order valence-corrected chi connectivity index (χ2v) is 12.9. The molecule has 1 saturated heterocycles. The van der Waals surface area contributed by atoms with Crippen molar-refractivity contribution in [1.82, 2.24) is 0 Å². The molecule has 6 heteroatoms. The van der Waals surface area contributed by atoms with Crippen LogP contribution in [0.4, 0.5) is 4.39 Å². The first kappa shape index (κ1) is 20.5. The third kappa shape index (κ3) is 5.11. The van der Waals surface area contributed by atoms with Gasteiger partial charge in [0, 0.05) is 7.11 Å². The van der Waals surface area contributed by atoms with E-state index in [-0.39, 0.29) is 11.6 Å². The molecule has 1 heterocycles. The molecule has 0 unspecified atom stereocenters. The van der Waals surface area contributed by atoms with E-state index in [1.165, 1.54) is 7.11 Å². The zero-order valence-corrected chi connectivity index (χ0v) is 17.1. The van der Waals surface area contributed by atoms with Crippen LogP contribution in [0.1, 0.15) is 26.3 Å². The highest BCUT2D eigenvalue weighted by Crippen LogP contribution is 2.37. The topological polar surface area (TPSA) is 36.9 Å². The molecule has 25 heavy (non-hydrogen) atoms. The molecule has 1 aromatic rings. The molecule has 0 spiro atoms. The zero-order chi connectivity index (χ0) is 18.7. The summed E-state index contributed by atoms with van der Waals surface area (Å²) in [6.07, 6.45) is -3.41. The van der Waals surface area contributed by atoms with E-state index in [1.807, 2.05) is 30.3 Å². The molecule has 0 amide bonds. The van der Waals surface area contributed by atoms with Crippen LogP contribution >= 0.6 is 0 Å². The van der Waals surface area contributed by atoms with Gasteiger partial charge in [0.15, 0.2) is 20.8 Å². The second-order valence-electron chi connectivity index (χ2n) is 8.06. The monoisotopic (exact) mass is 370 g/mol. The molecule has 4 nitrogen and oxygen atoms in total. The van der Waals surface area contributed by atoms with Gasteiger partial charge in [0.2, 0.25) is 0 Å². The van der Waals surface area contributed by atoms with E-state index in [0.717, 1.165) is 5.56 Å². The van der Waals surface area contributed by atoms with Crippen molar-refractivity contribution in [3.05, 3.63) is 35.9 Å². The van der Waals surface area contributed by atoms with Gasteiger partial charge in [0.25, 0.3) is 0 Å². The van der Waals surface area contributed by atoms with E-state index in [1.54, 1.807) is 0 Å². The first-order chi connectivity index (χ1) is 11.7. The highest BCUT2D eigenvalue weighted by atomic mass is 28.4. The first-order valence-corrected chi connectivity index (χ1v) is 11.7. The number of hydrogen-bond donors (Lipinski definition) is 0. The molecule has 0 N–H and O–H groups in total. The average Bonchev–Trinajstić information content (AvgIpc) is 2.86. The van der Waals surface area contributed by atoms with Gasteiger partial charge < -0.3 is 18.6 Å². The number of ether oxygens (including phenoxy) is 3. The molecule has 2 rings (SSSR count). The molecule has 0 aromatic heterocycles. The minimum absolute atomic E-state index is 0.0707. The summed E-state index contributed by atoms with van der Waals surface area (Å²) in [5.41, 5.74) is 0.991. The number of halogens is 1. The lowest BCUT2D eigenvalue weighted by Gasteiger charge is -2.37. The third-order valence-corrected chi connectivity index (χ3v) is 9.68. The van der Waals surface area contributed by atoms with Gasteiger partial charge in [-0.1, -0.05) is 51.1 Å². The smallest absolute Gasteiger partial charge is 0.192 e. The fourth-order valence-electron chi connectivity index (χ4n) is 2.45. The van der Waals surface area contributed by atoms with Crippen molar-refractivity contribution in [3.8, 4) is 0 Å². The number of methoxy groups -OCH3 is 1. The quantitative estimate of drug-likeness (QED) is 0.671. The molecule has 1 fully saturated rings. The van der Waals surface area contributed by atoms with Crippen LogP contribution in [-0.4, -0.2) is 46.7 Å². The largest absolute Gasteiger partial charge is 0.414 e. The lowest BCUT2D eigenvalue weighted by Crippen LogP contribution is -2.44. The Kier molecular flexibility index (Phi) is 6.78. The van der Waals surface area contributed by atoms with Crippen LogP contribution < -0.4 is 0 Å². The Morgan fingerprint density at radius 1 is 1.16 bits per heavy atom. The Labute approximate surface area is 151 Å². The summed E-state index contributed by atoms with van der Waals surface area (Å²) in [4.78, 5) is 0. The normalized spacial score (nSPS) is 27.6. The maximum atomic E-state index is 14.9. The van der Waals surface area contributed by atoms with Crippen molar-refractivity contribution < 1.29 is 23.0 Å². The van der Waals surface area contributed by atoms with Gasteiger partial charge in [-0.2, -0.15) is 0 Å². The highest BCUT2D eigenvalue weighted by molar-refractivity contribution is 6.74. The summed E-state index contributed by atoms with van der Waals surface area (Å²) in [5.74, 6) is 0. The number of hydrogen-bond acceptors (Lipinski definition) is 4. The Bertz CT molecular complexity index is 532. The molecule has 0 bridgehead atoms. The van der Waals surface area contributed by atoms with Crippen LogP contribution in [0.25, 0.3) is 0 Å². The van der Waals surface area contributed by atoms with Crippen molar-refractivity contribution in [2.75, 3.05) is 13.7 Å². The van der Waals surface area contributed by atoms with Gasteiger partial charge in [-0.25, -0.2) is 4.39 Å². The Morgan fingerprint density at radius 2 is 1.80 bits per heavy atom. The minimum atomic E-state index is -1.96. The molecule has 4 atom stereocenters. The summed E-state index contributed by atoms with van der Waals surface area (Å²) < 4.78 is 37.7. The third-order valence-electron chi connectivity index (χ3n) is 5.18. The fourth-order valence-corrected chi connectivity index (χ4v) is 3.47. The van der Waals surface area contributed by atoms with Gasteiger partial charge in [-0.15, -0.1) is 0 Å². The summed E-state index contributed by atoms with van der Waals surface area (Å²) >= 11 is 0. The van der Waals surface area contributed by atoms with Crippen LogP contribution in [0.5, 0.6) is 0 Å². The second kappa shape index (κ2) is 8.27. The highest BCUT2D eigenvalue weighted by Gasteiger charge is 2.48. The maximum absolute atomic E-state index is 14.9. The van der Waals surface area contributed by atoms with E-state index >= 15 is 0 Å². The van der Waals surface area contributed by atoms with E-state index in [9.17, 15) is 4.39 Å². The minimum Gasteiger partial charge on any atom is -0.414 e. The molecular weight excluding hydrogens is 339 g/mol. The van der Waals surface area contributed by atoms with Crippen LogP contribution in [0.15, 0.2) is 30.3 Å². The Hall–Kier alpha value is -0.793. The summed E-state index contributed by atoms with van der Waals surface area (Å²) in [5, 5.41) is 0.0707.